The SMILES string of the molecule is CCN(C(=O)c1ccc(F)cc1)C1CCCCC1. The molecule has 3 heteroatoms. The van der Waals surface area contributed by atoms with Crippen molar-refractivity contribution in [1.82, 2.24) is 4.90 Å². The van der Waals surface area contributed by atoms with Crippen LogP contribution < -0.4 is 0 Å². The van der Waals surface area contributed by atoms with Gasteiger partial charge >= 0.3 is 0 Å². The van der Waals surface area contributed by atoms with E-state index in [-0.39, 0.29) is 11.7 Å². The summed E-state index contributed by atoms with van der Waals surface area (Å²) in [6.45, 7) is 2.73. The van der Waals surface area contributed by atoms with Gasteiger partial charge in [0, 0.05) is 18.2 Å². The molecular weight excluding hydrogens is 229 g/mol. The molecule has 98 valence electrons. The minimum Gasteiger partial charge on any atom is -0.336 e. The van der Waals surface area contributed by atoms with Gasteiger partial charge in [-0.15, -0.1) is 0 Å². The van der Waals surface area contributed by atoms with E-state index in [2.05, 4.69) is 0 Å². The number of halogens is 1. The maximum atomic E-state index is 12.9. The van der Waals surface area contributed by atoms with Gasteiger partial charge in [-0.05, 0) is 44.0 Å². The highest BCUT2D eigenvalue weighted by Crippen LogP contribution is 2.23. The molecule has 2 rings (SSSR count). The molecule has 0 N–H and O–H groups in total. The molecule has 0 bridgehead atoms. The molecule has 1 aliphatic carbocycles. The first-order valence-corrected chi connectivity index (χ1v) is 6.79. The fraction of sp³-hybridized carbons (Fsp3) is 0.533. The number of carbonyl (C=O) groups excluding carboxylic acids is 1. The Labute approximate surface area is 108 Å². The van der Waals surface area contributed by atoms with Gasteiger partial charge in [0.1, 0.15) is 5.82 Å². The van der Waals surface area contributed by atoms with E-state index in [9.17, 15) is 9.18 Å². The van der Waals surface area contributed by atoms with Crippen LogP contribution in [0.25, 0.3) is 0 Å². The lowest BCUT2D eigenvalue weighted by atomic mass is 9.93. The first kappa shape index (κ1) is 13.1. The Hall–Kier alpha value is -1.38. The highest BCUT2D eigenvalue weighted by Gasteiger charge is 2.24. The molecule has 1 aliphatic rings. The zero-order valence-corrected chi connectivity index (χ0v) is 10.9. The zero-order valence-electron chi connectivity index (χ0n) is 10.9. The molecule has 0 saturated heterocycles. The van der Waals surface area contributed by atoms with Crippen molar-refractivity contribution in [3.05, 3.63) is 35.6 Å². The Balaban J connectivity index is 2.11. The first-order valence-electron chi connectivity index (χ1n) is 6.79. The van der Waals surface area contributed by atoms with Gasteiger partial charge in [-0.25, -0.2) is 4.39 Å². The van der Waals surface area contributed by atoms with E-state index in [1.807, 2.05) is 11.8 Å². The van der Waals surface area contributed by atoms with E-state index in [1.165, 1.54) is 31.4 Å². The number of rotatable bonds is 3. The quantitative estimate of drug-likeness (QED) is 0.801. The van der Waals surface area contributed by atoms with Crippen LogP contribution in [0.2, 0.25) is 0 Å². The topological polar surface area (TPSA) is 20.3 Å². The van der Waals surface area contributed by atoms with Gasteiger partial charge in [0.2, 0.25) is 0 Å². The summed E-state index contributed by atoms with van der Waals surface area (Å²) in [6, 6.07) is 6.21. The summed E-state index contributed by atoms with van der Waals surface area (Å²) in [5, 5.41) is 0. The molecule has 1 aromatic rings. The summed E-state index contributed by atoms with van der Waals surface area (Å²) in [6.07, 6.45) is 5.88. The fourth-order valence-corrected chi connectivity index (χ4v) is 2.72. The van der Waals surface area contributed by atoms with Crippen LogP contribution in [0.3, 0.4) is 0 Å². The Morgan fingerprint density at radius 2 is 1.83 bits per heavy atom. The second kappa shape index (κ2) is 5.98. The maximum absolute atomic E-state index is 12.9. The minimum absolute atomic E-state index is 0.0319. The molecule has 0 atom stereocenters. The van der Waals surface area contributed by atoms with Crippen LogP contribution >= 0.6 is 0 Å². The molecule has 1 fully saturated rings. The van der Waals surface area contributed by atoms with Crippen molar-refractivity contribution in [1.29, 1.82) is 0 Å². The van der Waals surface area contributed by atoms with Gasteiger partial charge < -0.3 is 4.90 Å². The van der Waals surface area contributed by atoms with Crippen molar-refractivity contribution >= 4 is 5.91 Å². The van der Waals surface area contributed by atoms with Crippen molar-refractivity contribution in [2.24, 2.45) is 0 Å². The van der Waals surface area contributed by atoms with Crippen LogP contribution in [0.4, 0.5) is 4.39 Å². The minimum atomic E-state index is -0.299. The highest BCUT2D eigenvalue weighted by molar-refractivity contribution is 5.94. The third-order valence-electron chi connectivity index (χ3n) is 3.71. The summed E-state index contributed by atoms with van der Waals surface area (Å²) in [5.74, 6) is -0.267. The van der Waals surface area contributed by atoms with E-state index in [1.54, 1.807) is 12.1 Å². The molecule has 1 aromatic carbocycles. The molecule has 0 aromatic heterocycles. The number of nitrogens with zero attached hydrogens (tertiary/aromatic N) is 1. The van der Waals surface area contributed by atoms with Gasteiger partial charge in [-0.3, -0.25) is 4.79 Å². The average Bonchev–Trinajstić information content (AvgIpc) is 2.41. The summed E-state index contributed by atoms with van der Waals surface area (Å²) in [5.41, 5.74) is 0.587. The molecule has 1 saturated carbocycles. The van der Waals surface area contributed by atoms with Gasteiger partial charge in [0.25, 0.3) is 5.91 Å². The van der Waals surface area contributed by atoms with E-state index >= 15 is 0 Å². The Morgan fingerprint density at radius 1 is 1.22 bits per heavy atom. The van der Waals surface area contributed by atoms with Crippen molar-refractivity contribution in [2.75, 3.05) is 6.54 Å². The van der Waals surface area contributed by atoms with Crippen LogP contribution in [-0.2, 0) is 0 Å². The van der Waals surface area contributed by atoms with E-state index in [4.69, 9.17) is 0 Å². The Morgan fingerprint density at radius 3 is 2.39 bits per heavy atom. The van der Waals surface area contributed by atoms with Crippen molar-refractivity contribution in [3.63, 3.8) is 0 Å². The number of hydrogen-bond acceptors (Lipinski definition) is 1. The molecular formula is C15H20FNO. The van der Waals surface area contributed by atoms with Crippen LogP contribution in [0.5, 0.6) is 0 Å². The van der Waals surface area contributed by atoms with E-state index < -0.39 is 0 Å². The first-order chi connectivity index (χ1) is 8.72. The van der Waals surface area contributed by atoms with Crippen LogP contribution in [0.1, 0.15) is 49.4 Å². The second-order valence-corrected chi connectivity index (χ2v) is 4.89. The third kappa shape index (κ3) is 2.89. The van der Waals surface area contributed by atoms with E-state index in [0.29, 0.717) is 11.6 Å². The summed E-state index contributed by atoms with van der Waals surface area (Å²) >= 11 is 0. The lowest BCUT2D eigenvalue weighted by Gasteiger charge is -2.33. The molecule has 2 nitrogen and oxygen atoms in total. The monoisotopic (exact) mass is 249 g/mol. The molecule has 0 heterocycles. The molecule has 1 amide bonds. The molecule has 0 aliphatic heterocycles. The summed E-state index contributed by atoms with van der Waals surface area (Å²) in [7, 11) is 0. The number of benzene rings is 1. The summed E-state index contributed by atoms with van der Waals surface area (Å²) < 4.78 is 12.9. The van der Waals surface area contributed by atoms with Crippen molar-refractivity contribution in [3.8, 4) is 0 Å². The predicted octanol–water partition coefficient (Wildman–Crippen LogP) is 3.62. The predicted molar refractivity (Wildman–Crippen MR) is 70.0 cm³/mol. The molecule has 0 spiro atoms. The van der Waals surface area contributed by atoms with Gasteiger partial charge in [0.05, 0.1) is 0 Å². The van der Waals surface area contributed by atoms with E-state index in [0.717, 1.165) is 19.4 Å². The maximum Gasteiger partial charge on any atom is 0.254 e. The molecule has 0 unspecified atom stereocenters. The van der Waals surface area contributed by atoms with Crippen molar-refractivity contribution < 1.29 is 9.18 Å². The number of amides is 1. The largest absolute Gasteiger partial charge is 0.336 e. The lowest BCUT2D eigenvalue weighted by Crippen LogP contribution is -2.41. The Bertz CT molecular complexity index is 395. The highest BCUT2D eigenvalue weighted by atomic mass is 19.1. The standard InChI is InChI=1S/C15H20FNO/c1-2-17(14-6-4-3-5-7-14)15(18)12-8-10-13(16)11-9-12/h8-11,14H,2-7H2,1H3. The van der Waals surface area contributed by atoms with Crippen LogP contribution in [0.15, 0.2) is 24.3 Å². The smallest absolute Gasteiger partial charge is 0.254 e. The average molecular weight is 249 g/mol. The molecule has 18 heavy (non-hydrogen) atoms. The third-order valence-corrected chi connectivity index (χ3v) is 3.71. The van der Waals surface area contributed by atoms with Crippen LogP contribution in [0, 0.1) is 5.82 Å². The fourth-order valence-electron chi connectivity index (χ4n) is 2.72. The van der Waals surface area contributed by atoms with Gasteiger partial charge in [0.15, 0.2) is 0 Å². The van der Waals surface area contributed by atoms with Crippen molar-refractivity contribution in [2.45, 2.75) is 45.1 Å². The van der Waals surface area contributed by atoms with Crippen LogP contribution in [-0.4, -0.2) is 23.4 Å². The second-order valence-electron chi connectivity index (χ2n) is 4.89. The lowest BCUT2D eigenvalue weighted by molar-refractivity contribution is 0.0648. The summed E-state index contributed by atoms with van der Waals surface area (Å²) in [4.78, 5) is 14.3. The van der Waals surface area contributed by atoms with Gasteiger partial charge in [-0.1, -0.05) is 19.3 Å². The zero-order chi connectivity index (χ0) is 13.0. The normalized spacial score (nSPS) is 16.6. The molecule has 0 radical (unpaired) electrons. The van der Waals surface area contributed by atoms with Gasteiger partial charge in [-0.2, -0.15) is 0 Å². The number of hydrogen-bond donors (Lipinski definition) is 0. The number of carbonyl (C=O) groups is 1. The Kier molecular flexibility index (Phi) is 4.34.